The van der Waals surface area contributed by atoms with Gasteiger partial charge in [-0.05, 0) is 38.0 Å². The molecule has 4 heteroatoms. The largest absolute Gasteiger partial charge is 0.377 e. The third-order valence-corrected chi connectivity index (χ3v) is 3.72. The molecule has 4 nitrogen and oxygen atoms in total. The summed E-state index contributed by atoms with van der Waals surface area (Å²) in [7, 11) is 3.93. The van der Waals surface area contributed by atoms with E-state index in [1.54, 1.807) is 6.92 Å². The molecule has 0 saturated carbocycles. The van der Waals surface area contributed by atoms with Gasteiger partial charge in [-0.25, -0.2) is 4.98 Å². The Morgan fingerprint density at radius 2 is 1.91 bits per heavy atom. The van der Waals surface area contributed by atoms with Crippen LogP contribution in [-0.4, -0.2) is 30.6 Å². The Labute approximate surface area is 131 Å². The molecular weight excluding hydrogens is 276 g/mol. The van der Waals surface area contributed by atoms with Crippen LogP contribution in [0.1, 0.15) is 42.2 Å². The van der Waals surface area contributed by atoms with Crippen molar-refractivity contribution >= 4 is 28.2 Å². The van der Waals surface area contributed by atoms with Gasteiger partial charge in [-0.1, -0.05) is 12.1 Å². The number of nitrogens with zero attached hydrogens (tertiary/aromatic N) is 2. The molecule has 0 saturated heterocycles. The minimum Gasteiger partial charge on any atom is -0.377 e. The highest BCUT2D eigenvalue weighted by Gasteiger charge is 2.14. The van der Waals surface area contributed by atoms with E-state index in [-0.39, 0.29) is 11.6 Å². The number of anilines is 1. The molecular formula is C18H22N2O2. The highest BCUT2D eigenvalue weighted by molar-refractivity contribution is 6.02. The van der Waals surface area contributed by atoms with E-state index in [0.717, 1.165) is 22.2 Å². The lowest BCUT2D eigenvalue weighted by molar-refractivity contribution is -0.117. The molecule has 1 aromatic heterocycles. The summed E-state index contributed by atoms with van der Waals surface area (Å²) in [5.41, 5.74) is 3.45. The molecule has 2 aromatic rings. The average Bonchev–Trinajstić information content (AvgIpc) is 2.45. The van der Waals surface area contributed by atoms with Crippen molar-refractivity contribution in [1.82, 2.24) is 4.98 Å². The highest BCUT2D eigenvalue weighted by atomic mass is 16.1. The third kappa shape index (κ3) is 3.50. The molecule has 0 bridgehead atoms. The molecule has 0 aliphatic heterocycles. The van der Waals surface area contributed by atoms with E-state index in [1.165, 1.54) is 0 Å². The van der Waals surface area contributed by atoms with Crippen molar-refractivity contribution in [3.63, 3.8) is 0 Å². The summed E-state index contributed by atoms with van der Waals surface area (Å²) in [6, 6.07) is 7.78. The van der Waals surface area contributed by atoms with Crippen LogP contribution in [0.2, 0.25) is 0 Å². The van der Waals surface area contributed by atoms with E-state index in [1.807, 2.05) is 50.2 Å². The molecule has 1 aromatic carbocycles. The van der Waals surface area contributed by atoms with Gasteiger partial charge in [0.05, 0.1) is 5.52 Å². The van der Waals surface area contributed by atoms with E-state index in [4.69, 9.17) is 0 Å². The molecule has 1 heterocycles. The van der Waals surface area contributed by atoms with Crippen LogP contribution in [0, 0.1) is 6.92 Å². The number of pyridine rings is 1. The van der Waals surface area contributed by atoms with Gasteiger partial charge >= 0.3 is 0 Å². The third-order valence-electron chi connectivity index (χ3n) is 3.72. The van der Waals surface area contributed by atoms with E-state index in [9.17, 15) is 9.59 Å². The Kier molecular flexibility index (Phi) is 4.91. The second kappa shape index (κ2) is 6.69. The van der Waals surface area contributed by atoms with Gasteiger partial charge in [-0.15, -0.1) is 0 Å². The molecule has 0 aliphatic carbocycles. The van der Waals surface area contributed by atoms with Crippen LogP contribution in [0.5, 0.6) is 0 Å². The van der Waals surface area contributed by atoms with Gasteiger partial charge in [-0.3, -0.25) is 4.79 Å². The number of aromatic nitrogens is 1. The van der Waals surface area contributed by atoms with Crippen LogP contribution in [0.3, 0.4) is 0 Å². The van der Waals surface area contributed by atoms with Gasteiger partial charge in [0.15, 0.2) is 5.78 Å². The summed E-state index contributed by atoms with van der Waals surface area (Å²) < 4.78 is 0. The van der Waals surface area contributed by atoms with E-state index in [2.05, 4.69) is 4.98 Å². The predicted octanol–water partition coefficient (Wildman–Crippen LogP) is 3.55. The smallest absolute Gasteiger partial charge is 0.181 e. The van der Waals surface area contributed by atoms with E-state index < -0.39 is 0 Å². The van der Waals surface area contributed by atoms with Crippen molar-refractivity contribution in [3.8, 4) is 0 Å². The monoisotopic (exact) mass is 298 g/mol. The highest BCUT2D eigenvalue weighted by Crippen LogP contribution is 2.28. The van der Waals surface area contributed by atoms with Crippen LogP contribution in [0.25, 0.3) is 10.9 Å². The fourth-order valence-electron chi connectivity index (χ4n) is 2.56. The molecule has 0 N–H and O–H groups in total. The fourth-order valence-corrected chi connectivity index (χ4v) is 2.56. The zero-order valence-corrected chi connectivity index (χ0v) is 13.6. The molecule has 0 radical (unpaired) electrons. The van der Waals surface area contributed by atoms with Gasteiger partial charge in [0.25, 0.3) is 0 Å². The van der Waals surface area contributed by atoms with Gasteiger partial charge in [0.2, 0.25) is 0 Å². The first-order chi connectivity index (χ1) is 10.4. The standard InChI is InChI=1S/C18H22N2O2/c1-12-7-5-9-14-18(12)16(20(3)4)11-15(19-14)17(22)10-6-8-13(2)21/h5,7,9,11H,6,8,10H2,1-4H3. The molecule has 0 spiro atoms. The maximum Gasteiger partial charge on any atom is 0.181 e. The van der Waals surface area contributed by atoms with E-state index >= 15 is 0 Å². The van der Waals surface area contributed by atoms with Crippen LogP contribution in [-0.2, 0) is 4.79 Å². The maximum atomic E-state index is 12.3. The summed E-state index contributed by atoms with van der Waals surface area (Å²) in [6.07, 6.45) is 1.38. The fraction of sp³-hybridized carbons (Fsp3) is 0.389. The van der Waals surface area contributed by atoms with Crippen LogP contribution in [0.4, 0.5) is 5.69 Å². The van der Waals surface area contributed by atoms with Gasteiger partial charge in [0.1, 0.15) is 11.5 Å². The summed E-state index contributed by atoms with van der Waals surface area (Å²) in [5, 5.41) is 1.08. The quantitative estimate of drug-likeness (QED) is 0.765. The second-order valence-corrected chi connectivity index (χ2v) is 5.87. The summed E-state index contributed by atoms with van der Waals surface area (Å²) in [4.78, 5) is 29.8. The number of fused-ring (bicyclic) bond motifs is 1. The van der Waals surface area contributed by atoms with Crippen molar-refractivity contribution in [2.75, 3.05) is 19.0 Å². The first-order valence-electron chi connectivity index (χ1n) is 7.50. The maximum absolute atomic E-state index is 12.3. The Morgan fingerprint density at radius 1 is 1.18 bits per heavy atom. The SMILES string of the molecule is CC(=O)CCCC(=O)c1cc(N(C)C)c2c(C)cccc2n1. The number of aryl methyl sites for hydroxylation is 1. The molecule has 2 rings (SSSR count). The molecule has 0 unspecified atom stereocenters. The molecule has 0 fully saturated rings. The molecule has 0 aliphatic rings. The number of Topliss-reactive ketones (excluding diaryl/α,β-unsaturated/α-hetero) is 2. The van der Waals surface area contributed by atoms with Crippen molar-refractivity contribution < 1.29 is 9.59 Å². The van der Waals surface area contributed by atoms with Crippen LogP contribution in [0.15, 0.2) is 24.3 Å². The topological polar surface area (TPSA) is 50.3 Å². The lowest BCUT2D eigenvalue weighted by Gasteiger charge is -2.18. The van der Waals surface area contributed by atoms with Gasteiger partial charge < -0.3 is 9.69 Å². The lowest BCUT2D eigenvalue weighted by Crippen LogP contribution is -2.12. The number of rotatable bonds is 6. The van der Waals surface area contributed by atoms with Crippen molar-refractivity contribution in [2.45, 2.75) is 33.1 Å². The summed E-state index contributed by atoms with van der Waals surface area (Å²) in [5.74, 6) is 0.108. The number of ketones is 2. The molecule has 22 heavy (non-hydrogen) atoms. The van der Waals surface area contributed by atoms with Crippen LogP contribution >= 0.6 is 0 Å². The molecule has 0 amide bonds. The van der Waals surface area contributed by atoms with Crippen molar-refractivity contribution in [2.24, 2.45) is 0 Å². The minimum absolute atomic E-state index is 0.00671. The van der Waals surface area contributed by atoms with Crippen molar-refractivity contribution in [3.05, 3.63) is 35.5 Å². The first kappa shape index (κ1) is 16.1. The predicted molar refractivity (Wildman–Crippen MR) is 89.7 cm³/mol. The zero-order valence-electron chi connectivity index (χ0n) is 13.6. The Hall–Kier alpha value is -2.23. The van der Waals surface area contributed by atoms with Crippen molar-refractivity contribution in [1.29, 1.82) is 0 Å². The first-order valence-corrected chi connectivity index (χ1v) is 7.50. The Bertz CT molecular complexity index is 720. The molecule has 0 atom stereocenters. The van der Waals surface area contributed by atoms with Gasteiger partial charge in [-0.2, -0.15) is 0 Å². The number of hydrogen-bond acceptors (Lipinski definition) is 4. The van der Waals surface area contributed by atoms with Crippen LogP contribution < -0.4 is 4.90 Å². The zero-order chi connectivity index (χ0) is 16.3. The number of benzene rings is 1. The Balaban J connectivity index is 2.39. The molecule has 116 valence electrons. The van der Waals surface area contributed by atoms with E-state index in [0.29, 0.717) is 25.0 Å². The van der Waals surface area contributed by atoms with Gasteiger partial charge in [0, 0.05) is 38.0 Å². The average molecular weight is 298 g/mol. The summed E-state index contributed by atoms with van der Waals surface area (Å²) >= 11 is 0. The number of carbonyl (C=O) groups excluding carboxylic acids is 2. The summed E-state index contributed by atoms with van der Waals surface area (Å²) in [6.45, 7) is 3.59. The number of hydrogen-bond donors (Lipinski definition) is 0. The normalized spacial score (nSPS) is 10.7. The number of carbonyl (C=O) groups is 2. The Morgan fingerprint density at radius 3 is 2.55 bits per heavy atom. The lowest BCUT2D eigenvalue weighted by atomic mass is 10.0. The minimum atomic E-state index is -0.00671. The second-order valence-electron chi connectivity index (χ2n) is 5.87.